The Balaban J connectivity index is 2.46. The van der Waals surface area contributed by atoms with Crippen LogP contribution in [0.15, 0.2) is 49.6 Å². The summed E-state index contributed by atoms with van der Waals surface area (Å²) in [6.07, 6.45) is 4.36. The number of benzene rings is 1. The minimum Gasteiger partial charge on any atom is -0.245 e. The van der Waals surface area contributed by atoms with Gasteiger partial charge in [-0.1, -0.05) is 41.1 Å². The van der Waals surface area contributed by atoms with Crippen LogP contribution in [0.25, 0.3) is 11.3 Å². The molecule has 18 heavy (non-hydrogen) atoms. The molecule has 0 aliphatic rings. The van der Waals surface area contributed by atoms with Gasteiger partial charge in [-0.3, -0.25) is 0 Å². The lowest BCUT2D eigenvalue weighted by atomic mass is 10.1. The van der Waals surface area contributed by atoms with Gasteiger partial charge in [0.25, 0.3) is 0 Å². The van der Waals surface area contributed by atoms with Crippen LogP contribution in [-0.4, -0.2) is 15.0 Å². The van der Waals surface area contributed by atoms with Gasteiger partial charge in [0.15, 0.2) is 0 Å². The maximum absolute atomic E-state index is 5.88. The predicted octanol–water partition coefficient (Wildman–Crippen LogP) is 3.51. The van der Waals surface area contributed by atoms with Gasteiger partial charge in [0.1, 0.15) is 5.69 Å². The molecule has 0 amide bonds. The molecule has 0 radical (unpaired) electrons. The van der Waals surface area contributed by atoms with Gasteiger partial charge >= 0.3 is 0 Å². The highest BCUT2D eigenvalue weighted by atomic mass is 35.5. The zero-order valence-corrected chi connectivity index (χ0v) is 10.8. The number of hydrogen-bond donors (Lipinski definition) is 0. The van der Waals surface area contributed by atoms with E-state index in [0.29, 0.717) is 11.6 Å². The van der Waals surface area contributed by atoms with E-state index in [1.165, 1.54) is 0 Å². The average Bonchev–Trinajstić information content (AvgIpc) is 2.75. The van der Waals surface area contributed by atoms with Gasteiger partial charge in [0.2, 0.25) is 0 Å². The highest BCUT2D eigenvalue weighted by Crippen LogP contribution is 2.23. The molecule has 0 atom stereocenters. The Hall–Kier alpha value is -1.87. The molecule has 0 spiro atoms. The lowest BCUT2D eigenvalue weighted by Crippen LogP contribution is -2.03. The molecule has 4 heteroatoms. The Morgan fingerprint density at radius 2 is 1.89 bits per heavy atom. The Morgan fingerprint density at radius 1 is 1.17 bits per heavy atom. The minimum absolute atomic E-state index is 0.643. The van der Waals surface area contributed by atoms with Crippen molar-refractivity contribution in [2.24, 2.45) is 0 Å². The first-order valence-corrected chi connectivity index (χ1v) is 6.04. The minimum atomic E-state index is 0.643. The lowest BCUT2D eigenvalue weighted by molar-refractivity contribution is 0.638. The zero-order valence-electron chi connectivity index (χ0n) is 10.0. The summed E-state index contributed by atoms with van der Waals surface area (Å²) in [6.45, 7) is 8.13. The normalized spacial score (nSPS) is 10.3. The molecule has 3 nitrogen and oxygen atoms in total. The summed E-state index contributed by atoms with van der Waals surface area (Å²) in [7, 11) is 0. The molecule has 0 saturated heterocycles. The number of halogens is 1. The van der Waals surface area contributed by atoms with Crippen molar-refractivity contribution >= 4 is 11.6 Å². The van der Waals surface area contributed by atoms with Crippen molar-refractivity contribution < 1.29 is 0 Å². The quantitative estimate of drug-likeness (QED) is 0.770. The molecule has 0 bridgehead atoms. The van der Waals surface area contributed by atoms with Gasteiger partial charge in [-0.2, -0.15) is 0 Å². The Bertz CT molecular complexity index is 555. The third-order valence-corrected chi connectivity index (χ3v) is 2.85. The van der Waals surface area contributed by atoms with E-state index < -0.39 is 0 Å². The van der Waals surface area contributed by atoms with E-state index >= 15 is 0 Å². The second kappa shape index (κ2) is 5.65. The Kier molecular flexibility index (Phi) is 3.95. The van der Waals surface area contributed by atoms with E-state index in [1.54, 1.807) is 6.08 Å². The van der Waals surface area contributed by atoms with Crippen molar-refractivity contribution in [3.05, 3.63) is 60.3 Å². The molecule has 2 aromatic rings. The second-order valence-electron chi connectivity index (χ2n) is 3.86. The SMILES string of the molecule is C=CCc1c(-c2ccc(Cl)cc2)nnn1CC=C. The number of allylic oxidation sites excluding steroid dienone is 2. The molecular formula is C14H14ClN3. The van der Waals surface area contributed by atoms with Crippen molar-refractivity contribution in [1.29, 1.82) is 0 Å². The van der Waals surface area contributed by atoms with Crippen molar-refractivity contribution in [3.8, 4) is 11.3 Å². The van der Waals surface area contributed by atoms with Gasteiger partial charge < -0.3 is 0 Å². The Morgan fingerprint density at radius 3 is 2.50 bits per heavy atom. The van der Waals surface area contributed by atoms with E-state index in [1.807, 2.05) is 35.0 Å². The topological polar surface area (TPSA) is 30.7 Å². The van der Waals surface area contributed by atoms with E-state index in [2.05, 4.69) is 23.5 Å². The van der Waals surface area contributed by atoms with Crippen LogP contribution in [0.5, 0.6) is 0 Å². The zero-order chi connectivity index (χ0) is 13.0. The third-order valence-electron chi connectivity index (χ3n) is 2.59. The van der Waals surface area contributed by atoms with Crippen LogP contribution >= 0.6 is 11.6 Å². The van der Waals surface area contributed by atoms with Crippen molar-refractivity contribution in [3.63, 3.8) is 0 Å². The predicted molar refractivity (Wildman–Crippen MR) is 74.6 cm³/mol. The molecule has 0 aliphatic carbocycles. The summed E-state index contributed by atoms with van der Waals surface area (Å²) in [4.78, 5) is 0. The van der Waals surface area contributed by atoms with Gasteiger partial charge in [-0.25, -0.2) is 4.68 Å². The molecule has 0 saturated carbocycles. The van der Waals surface area contributed by atoms with Crippen LogP contribution in [0.3, 0.4) is 0 Å². The van der Waals surface area contributed by atoms with Crippen molar-refractivity contribution in [1.82, 2.24) is 15.0 Å². The van der Waals surface area contributed by atoms with Crippen LogP contribution in [0.1, 0.15) is 5.69 Å². The summed E-state index contributed by atoms with van der Waals surface area (Å²) >= 11 is 5.88. The maximum Gasteiger partial charge on any atom is 0.116 e. The van der Waals surface area contributed by atoms with Crippen LogP contribution in [0.4, 0.5) is 0 Å². The summed E-state index contributed by atoms with van der Waals surface area (Å²) < 4.78 is 1.83. The number of nitrogens with zero attached hydrogens (tertiary/aromatic N) is 3. The second-order valence-corrected chi connectivity index (χ2v) is 4.29. The highest BCUT2D eigenvalue weighted by Gasteiger charge is 2.12. The highest BCUT2D eigenvalue weighted by molar-refractivity contribution is 6.30. The van der Waals surface area contributed by atoms with Gasteiger partial charge in [0, 0.05) is 17.0 Å². The molecule has 0 fully saturated rings. The smallest absolute Gasteiger partial charge is 0.116 e. The van der Waals surface area contributed by atoms with Crippen LogP contribution < -0.4 is 0 Å². The van der Waals surface area contributed by atoms with Crippen LogP contribution in [0.2, 0.25) is 5.02 Å². The van der Waals surface area contributed by atoms with E-state index in [9.17, 15) is 0 Å². The van der Waals surface area contributed by atoms with E-state index in [-0.39, 0.29) is 0 Å². The standard InChI is InChI=1S/C14H14ClN3/c1-3-5-13-14(16-17-18(13)10-4-2)11-6-8-12(15)9-7-11/h3-4,6-9H,1-2,5,10H2. The summed E-state index contributed by atoms with van der Waals surface area (Å²) in [5.74, 6) is 0. The third kappa shape index (κ3) is 2.51. The fourth-order valence-corrected chi connectivity index (χ4v) is 1.90. The molecule has 0 aliphatic heterocycles. The molecule has 1 aromatic carbocycles. The number of hydrogen-bond acceptors (Lipinski definition) is 2. The molecule has 92 valence electrons. The monoisotopic (exact) mass is 259 g/mol. The number of rotatable bonds is 5. The summed E-state index contributed by atoms with van der Waals surface area (Å²) in [6, 6.07) is 7.58. The first-order valence-electron chi connectivity index (χ1n) is 5.66. The average molecular weight is 260 g/mol. The van der Waals surface area contributed by atoms with Crippen LogP contribution in [0, 0.1) is 0 Å². The maximum atomic E-state index is 5.88. The van der Waals surface area contributed by atoms with Crippen molar-refractivity contribution in [2.75, 3.05) is 0 Å². The molecule has 2 rings (SSSR count). The van der Waals surface area contributed by atoms with E-state index in [4.69, 9.17) is 11.6 Å². The summed E-state index contributed by atoms with van der Waals surface area (Å²) in [5.41, 5.74) is 2.91. The molecular weight excluding hydrogens is 246 g/mol. The first kappa shape index (κ1) is 12.6. The van der Waals surface area contributed by atoms with Gasteiger partial charge in [-0.15, -0.1) is 18.3 Å². The summed E-state index contributed by atoms with van der Waals surface area (Å²) in [5, 5.41) is 9.08. The molecule has 0 unspecified atom stereocenters. The van der Waals surface area contributed by atoms with E-state index in [0.717, 1.165) is 23.4 Å². The Labute approximate surface area is 111 Å². The lowest BCUT2D eigenvalue weighted by Gasteiger charge is -2.04. The molecule has 1 heterocycles. The fraction of sp³-hybridized carbons (Fsp3) is 0.143. The number of aromatic nitrogens is 3. The fourth-order valence-electron chi connectivity index (χ4n) is 1.77. The van der Waals surface area contributed by atoms with Gasteiger partial charge in [0.05, 0.1) is 12.2 Å². The largest absolute Gasteiger partial charge is 0.245 e. The first-order chi connectivity index (χ1) is 8.76. The van der Waals surface area contributed by atoms with Crippen LogP contribution in [-0.2, 0) is 13.0 Å². The van der Waals surface area contributed by atoms with Crippen molar-refractivity contribution in [2.45, 2.75) is 13.0 Å². The molecule has 1 aromatic heterocycles. The van der Waals surface area contributed by atoms with Gasteiger partial charge in [-0.05, 0) is 12.1 Å². The molecule has 0 N–H and O–H groups in total.